The van der Waals surface area contributed by atoms with Crippen LogP contribution in [0.2, 0.25) is 0 Å². The maximum Gasteiger partial charge on any atom is 0.307 e. The average molecular weight is 240 g/mol. The van der Waals surface area contributed by atoms with Gasteiger partial charge in [-0.05, 0) is 25.2 Å². The fourth-order valence-electron chi connectivity index (χ4n) is 2.20. The molecule has 1 aromatic rings. The fraction of sp³-hybridized carbons (Fsp3) is 0.636. The second-order valence-corrected chi connectivity index (χ2v) is 5.64. The molecule has 0 aliphatic heterocycles. The molecule has 1 aliphatic rings. The summed E-state index contributed by atoms with van der Waals surface area (Å²) in [6.07, 6.45) is 6.23. The largest absolute Gasteiger partial charge is 0.481 e. The number of aromatic amines is 1. The van der Waals surface area contributed by atoms with E-state index in [2.05, 4.69) is 16.9 Å². The highest BCUT2D eigenvalue weighted by molar-refractivity contribution is 7.99. The number of carboxylic acids is 1. The monoisotopic (exact) mass is 240 g/mol. The number of hydrogen-bond donors (Lipinski definition) is 2. The van der Waals surface area contributed by atoms with Crippen LogP contribution in [0.1, 0.15) is 26.2 Å². The number of carboxylic acid groups (broad SMARTS) is 1. The van der Waals surface area contributed by atoms with Crippen LogP contribution in [-0.4, -0.2) is 26.3 Å². The number of rotatable bonds is 3. The second-order valence-electron chi connectivity index (χ2n) is 4.41. The predicted molar refractivity (Wildman–Crippen MR) is 62.4 cm³/mol. The molecule has 0 saturated heterocycles. The normalized spacial score (nSPS) is 30.2. The summed E-state index contributed by atoms with van der Waals surface area (Å²) < 4.78 is 0. The molecule has 0 amide bonds. The quantitative estimate of drug-likeness (QED) is 0.851. The summed E-state index contributed by atoms with van der Waals surface area (Å²) in [6, 6.07) is 0. The smallest absolute Gasteiger partial charge is 0.307 e. The standard InChI is InChI=1S/C11H16N2O2S/c1-7-2-3-8(10(14)15)9(6-7)16-11-12-4-5-13-11/h4-5,7-9H,2-3,6H2,1H3,(H,12,13)(H,14,15). The molecule has 3 atom stereocenters. The van der Waals surface area contributed by atoms with Crippen molar-refractivity contribution in [3.63, 3.8) is 0 Å². The Morgan fingerprint density at radius 2 is 2.44 bits per heavy atom. The first-order valence-electron chi connectivity index (χ1n) is 5.55. The Balaban J connectivity index is 2.05. The lowest BCUT2D eigenvalue weighted by molar-refractivity contribution is -0.142. The van der Waals surface area contributed by atoms with Crippen LogP contribution in [0.25, 0.3) is 0 Å². The van der Waals surface area contributed by atoms with Gasteiger partial charge in [0.05, 0.1) is 5.92 Å². The first kappa shape index (κ1) is 11.5. The number of imidazole rings is 1. The summed E-state index contributed by atoms with van der Waals surface area (Å²) in [6.45, 7) is 2.19. The molecule has 16 heavy (non-hydrogen) atoms. The Labute approximate surface area is 98.9 Å². The summed E-state index contributed by atoms with van der Waals surface area (Å²) in [4.78, 5) is 18.3. The molecule has 4 nitrogen and oxygen atoms in total. The summed E-state index contributed by atoms with van der Waals surface area (Å²) in [5.74, 6) is -0.287. The van der Waals surface area contributed by atoms with Gasteiger partial charge in [0.2, 0.25) is 0 Å². The van der Waals surface area contributed by atoms with E-state index < -0.39 is 5.97 Å². The minimum Gasteiger partial charge on any atom is -0.481 e. The van der Waals surface area contributed by atoms with Crippen molar-refractivity contribution in [2.24, 2.45) is 11.8 Å². The van der Waals surface area contributed by atoms with E-state index in [0.717, 1.165) is 24.4 Å². The van der Waals surface area contributed by atoms with Crippen LogP contribution >= 0.6 is 11.8 Å². The zero-order valence-electron chi connectivity index (χ0n) is 9.22. The molecule has 0 bridgehead atoms. The van der Waals surface area contributed by atoms with Crippen molar-refractivity contribution in [1.29, 1.82) is 0 Å². The van der Waals surface area contributed by atoms with Crippen molar-refractivity contribution in [2.75, 3.05) is 0 Å². The van der Waals surface area contributed by atoms with Gasteiger partial charge in [-0.15, -0.1) is 0 Å². The zero-order chi connectivity index (χ0) is 11.5. The molecule has 0 radical (unpaired) electrons. The number of aromatic nitrogens is 2. The highest BCUT2D eigenvalue weighted by Gasteiger charge is 2.34. The molecule has 1 fully saturated rings. The van der Waals surface area contributed by atoms with E-state index in [0.29, 0.717) is 5.92 Å². The van der Waals surface area contributed by atoms with E-state index in [1.54, 1.807) is 24.2 Å². The van der Waals surface area contributed by atoms with Gasteiger partial charge < -0.3 is 10.1 Å². The molecule has 5 heteroatoms. The SMILES string of the molecule is CC1CCC(C(=O)O)C(Sc2ncc[nH]2)C1. The van der Waals surface area contributed by atoms with Gasteiger partial charge in [-0.1, -0.05) is 18.7 Å². The van der Waals surface area contributed by atoms with Crippen LogP contribution < -0.4 is 0 Å². The van der Waals surface area contributed by atoms with E-state index in [4.69, 9.17) is 0 Å². The molecule has 1 aromatic heterocycles. The zero-order valence-corrected chi connectivity index (χ0v) is 10.0. The van der Waals surface area contributed by atoms with Crippen molar-refractivity contribution >= 4 is 17.7 Å². The first-order chi connectivity index (χ1) is 7.66. The molecule has 1 aliphatic carbocycles. The lowest BCUT2D eigenvalue weighted by atomic mass is 9.82. The van der Waals surface area contributed by atoms with Crippen molar-refractivity contribution in [1.82, 2.24) is 9.97 Å². The summed E-state index contributed by atoms with van der Waals surface area (Å²) in [7, 11) is 0. The van der Waals surface area contributed by atoms with Gasteiger partial charge in [0, 0.05) is 17.6 Å². The molecule has 0 aromatic carbocycles. The number of H-pyrrole nitrogens is 1. The summed E-state index contributed by atoms with van der Waals surface area (Å²) >= 11 is 1.56. The number of nitrogens with zero attached hydrogens (tertiary/aromatic N) is 1. The van der Waals surface area contributed by atoms with Crippen molar-refractivity contribution in [3.8, 4) is 0 Å². The van der Waals surface area contributed by atoms with Gasteiger partial charge in [-0.2, -0.15) is 0 Å². The van der Waals surface area contributed by atoms with Crippen LogP contribution in [0.5, 0.6) is 0 Å². The first-order valence-corrected chi connectivity index (χ1v) is 6.43. The topological polar surface area (TPSA) is 66.0 Å². The Bertz CT molecular complexity index is 353. The van der Waals surface area contributed by atoms with Crippen molar-refractivity contribution in [2.45, 2.75) is 36.6 Å². The molecule has 1 saturated carbocycles. The number of aliphatic carboxylic acids is 1. The van der Waals surface area contributed by atoms with Gasteiger partial charge in [0.15, 0.2) is 5.16 Å². The van der Waals surface area contributed by atoms with E-state index >= 15 is 0 Å². The lowest BCUT2D eigenvalue weighted by Gasteiger charge is -2.31. The van der Waals surface area contributed by atoms with Crippen LogP contribution in [0, 0.1) is 11.8 Å². The highest BCUT2D eigenvalue weighted by atomic mass is 32.2. The van der Waals surface area contributed by atoms with Gasteiger partial charge in [0.1, 0.15) is 0 Å². The molecular weight excluding hydrogens is 224 g/mol. The molecule has 2 N–H and O–H groups in total. The van der Waals surface area contributed by atoms with Crippen LogP contribution in [0.4, 0.5) is 0 Å². The fourth-order valence-corrected chi connectivity index (χ4v) is 3.59. The molecule has 0 spiro atoms. The van der Waals surface area contributed by atoms with Gasteiger partial charge >= 0.3 is 5.97 Å². The maximum atomic E-state index is 11.2. The van der Waals surface area contributed by atoms with E-state index in [1.807, 2.05) is 0 Å². The molecule has 3 unspecified atom stereocenters. The van der Waals surface area contributed by atoms with Crippen LogP contribution in [-0.2, 0) is 4.79 Å². The number of nitrogens with one attached hydrogen (secondary N) is 1. The Morgan fingerprint density at radius 3 is 3.06 bits per heavy atom. The minimum absolute atomic E-state index is 0.146. The summed E-state index contributed by atoms with van der Waals surface area (Å²) in [5.41, 5.74) is 0. The minimum atomic E-state index is -0.670. The van der Waals surface area contributed by atoms with Crippen LogP contribution in [0.15, 0.2) is 17.6 Å². The average Bonchev–Trinajstić information content (AvgIpc) is 2.70. The second kappa shape index (κ2) is 4.91. The maximum absolute atomic E-state index is 11.2. The Kier molecular flexibility index (Phi) is 3.53. The van der Waals surface area contributed by atoms with E-state index in [1.165, 1.54) is 0 Å². The highest BCUT2D eigenvalue weighted by Crippen LogP contribution is 2.38. The number of carbonyl (C=O) groups is 1. The van der Waals surface area contributed by atoms with E-state index in [9.17, 15) is 9.90 Å². The number of thioether (sulfide) groups is 1. The summed E-state index contributed by atoms with van der Waals surface area (Å²) in [5, 5.41) is 10.1. The van der Waals surface area contributed by atoms with E-state index in [-0.39, 0.29) is 11.2 Å². The van der Waals surface area contributed by atoms with Gasteiger partial charge in [-0.3, -0.25) is 4.79 Å². The molecule has 2 rings (SSSR count). The third-order valence-electron chi connectivity index (χ3n) is 3.11. The third kappa shape index (κ3) is 2.58. The van der Waals surface area contributed by atoms with Gasteiger partial charge in [-0.25, -0.2) is 4.98 Å². The molecule has 1 heterocycles. The predicted octanol–water partition coefficient (Wildman–Crippen LogP) is 2.39. The van der Waals surface area contributed by atoms with Gasteiger partial charge in [0.25, 0.3) is 0 Å². The van der Waals surface area contributed by atoms with Crippen molar-refractivity contribution in [3.05, 3.63) is 12.4 Å². The molecular formula is C11H16N2O2S. The Hall–Kier alpha value is -0.970. The third-order valence-corrected chi connectivity index (χ3v) is 4.38. The lowest BCUT2D eigenvalue weighted by Crippen LogP contribution is -2.32. The van der Waals surface area contributed by atoms with Crippen molar-refractivity contribution < 1.29 is 9.90 Å². The number of hydrogen-bond acceptors (Lipinski definition) is 3. The molecule has 88 valence electrons. The Morgan fingerprint density at radius 1 is 1.62 bits per heavy atom. The van der Waals surface area contributed by atoms with Crippen LogP contribution in [0.3, 0.4) is 0 Å².